The minimum atomic E-state index is -0.432. The lowest BCUT2D eigenvalue weighted by atomic mass is 10.1. The van der Waals surface area contributed by atoms with Gasteiger partial charge in [-0.05, 0) is 38.7 Å². The number of fused-ring (bicyclic) bond motifs is 1. The standard InChI is InChI=1S/C24H35N3O4/c1-5-7-8-11-19(4)24(29)31-17-18(3)16-27-21-12-9-14-30-15-10-13-25-23(28)22(21)20(6-2)26-27/h5,7-8,11,18H,4,6,9-10,12-17H2,1-3H3,(H,25,28)/b7-5-,11-8-/t18-/m0/s1. The monoisotopic (exact) mass is 429 g/mol. The van der Waals surface area contributed by atoms with Gasteiger partial charge in [0.05, 0.1) is 29.1 Å². The summed E-state index contributed by atoms with van der Waals surface area (Å²) < 4.78 is 13.0. The zero-order valence-corrected chi connectivity index (χ0v) is 19.0. The second kappa shape index (κ2) is 12.9. The van der Waals surface area contributed by atoms with E-state index in [-0.39, 0.29) is 18.4 Å². The molecule has 0 saturated carbocycles. The molecule has 1 aliphatic heterocycles. The Morgan fingerprint density at radius 2 is 2.13 bits per heavy atom. The van der Waals surface area contributed by atoms with Crippen molar-refractivity contribution in [3.8, 4) is 0 Å². The summed E-state index contributed by atoms with van der Waals surface area (Å²) in [5, 5.41) is 7.71. The summed E-state index contributed by atoms with van der Waals surface area (Å²) in [5.74, 6) is -0.469. The van der Waals surface area contributed by atoms with Gasteiger partial charge in [-0.2, -0.15) is 5.10 Å². The lowest BCUT2D eigenvalue weighted by Crippen LogP contribution is -2.27. The van der Waals surface area contributed by atoms with E-state index in [0.717, 1.165) is 30.7 Å². The maximum Gasteiger partial charge on any atom is 0.337 e. The van der Waals surface area contributed by atoms with Gasteiger partial charge in [0, 0.05) is 32.2 Å². The van der Waals surface area contributed by atoms with E-state index >= 15 is 0 Å². The number of allylic oxidation sites excluding steroid dienone is 3. The van der Waals surface area contributed by atoms with Crippen LogP contribution in [0.3, 0.4) is 0 Å². The predicted molar refractivity (Wildman–Crippen MR) is 121 cm³/mol. The zero-order chi connectivity index (χ0) is 22.6. The Hall–Kier alpha value is -2.67. The Morgan fingerprint density at radius 3 is 2.87 bits per heavy atom. The van der Waals surface area contributed by atoms with Gasteiger partial charge < -0.3 is 14.8 Å². The van der Waals surface area contributed by atoms with Crippen LogP contribution < -0.4 is 5.32 Å². The third kappa shape index (κ3) is 7.51. The molecule has 0 bridgehead atoms. The summed E-state index contributed by atoms with van der Waals surface area (Å²) in [7, 11) is 0. The fourth-order valence-electron chi connectivity index (χ4n) is 3.38. The van der Waals surface area contributed by atoms with Gasteiger partial charge >= 0.3 is 5.97 Å². The average Bonchev–Trinajstić information content (AvgIpc) is 3.08. The molecule has 1 aliphatic rings. The van der Waals surface area contributed by atoms with Crippen molar-refractivity contribution in [3.05, 3.63) is 53.4 Å². The first-order chi connectivity index (χ1) is 15.0. The van der Waals surface area contributed by atoms with E-state index < -0.39 is 5.97 Å². The van der Waals surface area contributed by atoms with Crippen LogP contribution in [-0.2, 0) is 33.7 Å². The molecule has 1 amide bonds. The Morgan fingerprint density at radius 1 is 1.35 bits per heavy atom. The van der Waals surface area contributed by atoms with Crippen LogP contribution in [0.15, 0.2) is 36.5 Å². The zero-order valence-electron chi connectivity index (χ0n) is 19.0. The smallest absolute Gasteiger partial charge is 0.337 e. The first-order valence-electron chi connectivity index (χ1n) is 11.1. The van der Waals surface area contributed by atoms with Gasteiger partial charge in [0.15, 0.2) is 0 Å². The van der Waals surface area contributed by atoms with Crippen LogP contribution in [0, 0.1) is 5.92 Å². The van der Waals surface area contributed by atoms with Gasteiger partial charge in [-0.3, -0.25) is 9.48 Å². The van der Waals surface area contributed by atoms with Gasteiger partial charge in [-0.1, -0.05) is 38.7 Å². The molecule has 0 fully saturated rings. The van der Waals surface area contributed by atoms with Gasteiger partial charge in [0.2, 0.25) is 0 Å². The Bertz CT molecular complexity index is 823. The van der Waals surface area contributed by atoms with Crippen LogP contribution in [-0.4, -0.2) is 48.0 Å². The van der Waals surface area contributed by atoms with E-state index in [1.807, 2.05) is 37.6 Å². The van der Waals surface area contributed by atoms with Crippen molar-refractivity contribution in [2.75, 3.05) is 26.4 Å². The molecule has 0 aromatic carbocycles. The second-order valence-corrected chi connectivity index (χ2v) is 7.74. The molecule has 0 unspecified atom stereocenters. The molecule has 2 heterocycles. The number of hydrogen-bond acceptors (Lipinski definition) is 5. The maximum absolute atomic E-state index is 12.8. The number of hydrogen-bond donors (Lipinski definition) is 1. The van der Waals surface area contributed by atoms with E-state index in [0.29, 0.717) is 43.9 Å². The summed E-state index contributed by atoms with van der Waals surface area (Å²) in [4.78, 5) is 24.9. The van der Waals surface area contributed by atoms with Crippen molar-refractivity contribution in [2.24, 2.45) is 5.92 Å². The van der Waals surface area contributed by atoms with Crippen molar-refractivity contribution in [2.45, 2.75) is 53.0 Å². The third-order valence-corrected chi connectivity index (χ3v) is 4.99. The topological polar surface area (TPSA) is 82.5 Å². The highest BCUT2D eigenvalue weighted by Crippen LogP contribution is 2.20. The van der Waals surface area contributed by atoms with Crippen molar-refractivity contribution in [3.63, 3.8) is 0 Å². The van der Waals surface area contributed by atoms with Crippen LogP contribution in [0.5, 0.6) is 0 Å². The highest BCUT2D eigenvalue weighted by molar-refractivity contribution is 5.96. The molecule has 0 spiro atoms. The van der Waals surface area contributed by atoms with E-state index in [4.69, 9.17) is 14.6 Å². The molecule has 1 aromatic rings. The molecular weight excluding hydrogens is 394 g/mol. The fourth-order valence-corrected chi connectivity index (χ4v) is 3.38. The number of amides is 1. The summed E-state index contributed by atoms with van der Waals surface area (Å²) in [6.45, 7) is 12.4. The molecule has 0 saturated heterocycles. The summed E-state index contributed by atoms with van der Waals surface area (Å²) in [5.41, 5.74) is 2.73. The number of carbonyl (C=O) groups excluding carboxylic acids is 2. The Labute approximate surface area is 185 Å². The lowest BCUT2D eigenvalue weighted by Gasteiger charge is -2.15. The van der Waals surface area contributed by atoms with E-state index in [2.05, 4.69) is 11.9 Å². The predicted octanol–water partition coefficient (Wildman–Crippen LogP) is 3.40. The van der Waals surface area contributed by atoms with E-state index in [1.165, 1.54) is 0 Å². The van der Waals surface area contributed by atoms with Crippen LogP contribution in [0.2, 0.25) is 0 Å². The maximum atomic E-state index is 12.8. The Balaban J connectivity index is 2.09. The number of carbonyl (C=O) groups is 2. The van der Waals surface area contributed by atoms with Crippen molar-refractivity contribution in [1.82, 2.24) is 15.1 Å². The first-order valence-corrected chi connectivity index (χ1v) is 11.1. The normalized spacial score (nSPS) is 16.5. The molecule has 170 valence electrons. The SMILES string of the molecule is C=C(/C=C\C=C/C)C(=O)OC[C@@H](C)Cn1nc(CC)c2c1CCCOCCCNC2=O. The fraction of sp³-hybridized carbons (Fsp3) is 0.542. The number of aryl methyl sites for hydroxylation is 1. The number of nitrogens with one attached hydrogen (secondary N) is 1. The molecule has 7 heteroatoms. The van der Waals surface area contributed by atoms with Gasteiger partial charge in [-0.25, -0.2) is 4.79 Å². The van der Waals surface area contributed by atoms with Crippen molar-refractivity contribution in [1.29, 1.82) is 0 Å². The average molecular weight is 430 g/mol. The minimum absolute atomic E-state index is 0.0301. The van der Waals surface area contributed by atoms with E-state index in [9.17, 15) is 9.59 Å². The number of ether oxygens (including phenoxy) is 2. The van der Waals surface area contributed by atoms with Gasteiger partial charge in [0.1, 0.15) is 0 Å². The minimum Gasteiger partial charge on any atom is -0.462 e. The second-order valence-electron chi connectivity index (χ2n) is 7.74. The van der Waals surface area contributed by atoms with Crippen LogP contribution >= 0.6 is 0 Å². The van der Waals surface area contributed by atoms with Gasteiger partial charge in [0.25, 0.3) is 5.91 Å². The quantitative estimate of drug-likeness (QED) is 0.389. The third-order valence-electron chi connectivity index (χ3n) is 4.99. The summed E-state index contributed by atoms with van der Waals surface area (Å²) >= 11 is 0. The molecule has 31 heavy (non-hydrogen) atoms. The molecule has 1 aromatic heterocycles. The van der Waals surface area contributed by atoms with Gasteiger partial charge in [-0.15, -0.1) is 0 Å². The highest BCUT2D eigenvalue weighted by Gasteiger charge is 2.24. The summed E-state index contributed by atoms with van der Waals surface area (Å²) in [6, 6.07) is 0. The number of nitrogens with zero attached hydrogens (tertiary/aromatic N) is 2. The van der Waals surface area contributed by atoms with E-state index in [1.54, 1.807) is 12.2 Å². The largest absolute Gasteiger partial charge is 0.462 e. The lowest BCUT2D eigenvalue weighted by molar-refractivity contribution is -0.139. The summed E-state index contributed by atoms with van der Waals surface area (Å²) in [6.07, 6.45) is 10.1. The molecular formula is C24H35N3O4. The van der Waals surface area contributed by atoms with Crippen LogP contribution in [0.25, 0.3) is 0 Å². The molecule has 0 radical (unpaired) electrons. The van der Waals surface area contributed by atoms with Crippen molar-refractivity contribution < 1.29 is 19.1 Å². The molecule has 1 atom stereocenters. The molecule has 1 N–H and O–H groups in total. The van der Waals surface area contributed by atoms with Crippen LogP contribution in [0.4, 0.5) is 0 Å². The number of rotatable bonds is 8. The highest BCUT2D eigenvalue weighted by atomic mass is 16.5. The van der Waals surface area contributed by atoms with Crippen LogP contribution in [0.1, 0.15) is 55.4 Å². The first kappa shape index (κ1) is 24.6. The molecule has 2 rings (SSSR count). The number of aromatic nitrogens is 2. The number of esters is 1. The Kier molecular flexibility index (Phi) is 10.2. The molecule has 7 nitrogen and oxygen atoms in total. The molecule has 0 aliphatic carbocycles. The van der Waals surface area contributed by atoms with Crippen molar-refractivity contribution >= 4 is 11.9 Å².